The molecule has 0 unspecified atom stereocenters. The summed E-state index contributed by atoms with van der Waals surface area (Å²) in [7, 11) is 0. The van der Waals surface area contributed by atoms with Gasteiger partial charge >= 0.3 is 0 Å². The zero-order valence-electron chi connectivity index (χ0n) is 13.0. The van der Waals surface area contributed by atoms with E-state index in [1.807, 2.05) is 4.90 Å². The van der Waals surface area contributed by atoms with Gasteiger partial charge in [0, 0.05) is 31.8 Å². The summed E-state index contributed by atoms with van der Waals surface area (Å²) in [6.07, 6.45) is 7.39. The summed E-state index contributed by atoms with van der Waals surface area (Å²) in [4.78, 5) is 22.4. The van der Waals surface area contributed by atoms with E-state index < -0.39 is 0 Å². The number of carbonyl (C=O) groups is 1. The minimum absolute atomic E-state index is 0.0302. The summed E-state index contributed by atoms with van der Waals surface area (Å²) in [5.41, 5.74) is -0.250. The van der Waals surface area contributed by atoms with Crippen LogP contribution in [0.1, 0.15) is 19.3 Å². The molecule has 124 valence electrons. The predicted octanol–water partition coefficient (Wildman–Crippen LogP) is 0.652. The monoisotopic (exact) mass is 319 g/mol. The maximum absolute atomic E-state index is 12.4. The molecule has 7 nitrogen and oxygen atoms in total. The predicted molar refractivity (Wildman–Crippen MR) is 79.9 cm³/mol. The van der Waals surface area contributed by atoms with Crippen LogP contribution in [-0.2, 0) is 14.3 Å². The van der Waals surface area contributed by atoms with Gasteiger partial charge in [-0.05, 0) is 6.42 Å². The Hall–Kier alpha value is -1.73. The van der Waals surface area contributed by atoms with Crippen LogP contribution >= 0.6 is 0 Å². The fraction of sp³-hybridized carbons (Fsp3) is 0.688. The Morgan fingerprint density at radius 1 is 1.30 bits per heavy atom. The molecule has 0 aliphatic carbocycles. The molecular weight excluding hydrogens is 298 g/mol. The molecule has 2 atom stereocenters. The Kier molecular flexibility index (Phi) is 3.90. The lowest BCUT2D eigenvalue weighted by Crippen LogP contribution is -2.68. The first-order valence-electron chi connectivity index (χ1n) is 8.17. The van der Waals surface area contributed by atoms with E-state index in [0.717, 1.165) is 19.3 Å². The van der Waals surface area contributed by atoms with Crippen molar-refractivity contribution in [1.29, 1.82) is 0 Å². The third-order valence-electron chi connectivity index (χ3n) is 4.82. The summed E-state index contributed by atoms with van der Waals surface area (Å²) < 4.78 is 17.2. The fourth-order valence-corrected chi connectivity index (χ4v) is 3.61. The van der Waals surface area contributed by atoms with E-state index in [1.54, 1.807) is 18.6 Å². The highest BCUT2D eigenvalue weighted by Gasteiger charge is 2.51. The lowest BCUT2D eigenvalue weighted by molar-refractivity contribution is -0.195. The molecule has 1 aromatic rings. The first-order chi connectivity index (χ1) is 11.2. The number of hydrogen-bond acceptors (Lipinski definition) is 6. The number of nitrogens with zero attached hydrogens (tertiary/aromatic N) is 3. The van der Waals surface area contributed by atoms with Gasteiger partial charge in [0.2, 0.25) is 11.8 Å². The quantitative estimate of drug-likeness (QED) is 0.814. The molecule has 1 spiro atoms. The summed E-state index contributed by atoms with van der Waals surface area (Å²) in [6.45, 7) is 3.21. The molecule has 0 saturated carbocycles. The molecule has 4 rings (SSSR count). The minimum Gasteiger partial charge on any atom is -0.473 e. The van der Waals surface area contributed by atoms with Crippen LogP contribution in [0.25, 0.3) is 0 Å². The summed E-state index contributed by atoms with van der Waals surface area (Å²) in [5.74, 6) is 0.779. The van der Waals surface area contributed by atoms with Crippen LogP contribution in [0, 0.1) is 5.92 Å². The van der Waals surface area contributed by atoms with Gasteiger partial charge in [-0.1, -0.05) is 0 Å². The van der Waals surface area contributed by atoms with Gasteiger partial charge in [-0.25, -0.2) is 4.98 Å². The maximum atomic E-state index is 12.4. The second kappa shape index (κ2) is 6.05. The Morgan fingerprint density at radius 3 is 2.96 bits per heavy atom. The molecule has 3 aliphatic rings. The van der Waals surface area contributed by atoms with Gasteiger partial charge in [-0.2, -0.15) is 0 Å². The number of hydrogen-bond donors (Lipinski definition) is 0. The van der Waals surface area contributed by atoms with E-state index in [1.165, 1.54) is 0 Å². The van der Waals surface area contributed by atoms with Crippen molar-refractivity contribution in [3.63, 3.8) is 0 Å². The molecule has 7 heteroatoms. The topological polar surface area (TPSA) is 73.8 Å². The van der Waals surface area contributed by atoms with Crippen molar-refractivity contribution in [3.05, 3.63) is 18.6 Å². The highest BCUT2D eigenvalue weighted by molar-refractivity contribution is 5.80. The summed E-state index contributed by atoms with van der Waals surface area (Å²) >= 11 is 0. The van der Waals surface area contributed by atoms with Crippen LogP contribution in [-0.4, -0.2) is 65.4 Å². The summed E-state index contributed by atoms with van der Waals surface area (Å²) in [6, 6.07) is 0. The molecule has 0 radical (unpaired) electrons. The highest BCUT2D eigenvalue weighted by Crippen LogP contribution is 2.36. The van der Waals surface area contributed by atoms with E-state index in [0.29, 0.717) is 38.8 Å². The minimum atomic E-state index is -0.250. The fourth-order valence-electron chi connectivity index (χ4n) is 3.61. The van der Waals surface area contributed by atoms with Crippen molar-refractivity contribution >= 4 is 5.91 Å². The van der Waals surface area contributed by atoms with Crippen molar-refractivity contribution in [3.8, 4) is 5.88 Å². The van der Waals surface area contributed by atoms with Crippen molar-refractivity contribution in [2.24, 2.45) is 5.92 Å². The second-order valence-electron chi connectivity index (χ2n) is 6.56. The van der Waals surface area contributed by atoms with Crippen molar-refractivity contribution in [1.82, 2.24) is 14.9 Å². The molecule has 1 amide bonds. The van der Waals surface area contributed by atoms with Crippen LogP contribution in [0.3, 0.4) is 0 Å². The molecule has 3 aliphatic heterocycles. The van der Waals surface area contributed by atoms with E-state index in [-0.39, 0.29) is 23.5 Å². The molecule has 0 aromatic carbocycles. The van der Waals surface area contributed by atoms with E-state index in [4.69, 9.17) is 14.2 Å². The number of aromatic nitrogens is 2. The second-order valence-corrected chi connectivity index (χ2v) is 6.56. The Bertz CT molecular complexity index is 556. The third-order valence-corrected chi connectivity index (χ3v) is 4.82. The third kappa shape index (κ3) is 3.03. The van der Waals surface area contributed by atoms with Gasteiger partial charge in [0.15, 0.2) is 0 Å². The molecule has 0 bridgehead atoms. The van der Waals surface area contributed by atoms with Gasteiger partial charge in [0.25, 0.3) is 0 Å². The van der Waals surface area contributed by atoms with Gasteiger partial charge in [0.1, 0.15) is 11.7 Å². The number of likely N-dealkylation sites (tertiary alicyclic amines) is 1. The molecular formula is C16H21N3O4. The SMILES string of the molecule is O=C([C@@H]1CCOC1)N1CC2(C[C@@H](Oc3cnccn3)CCO2)C1. The highest BCUT2D eigenvalue weighted by atomic mass is 16.5. The van der Waals surface area contributed by atoms with Gasteiger partial charge in [-0.3, -0.25) is 9.78 Å². The number of ether oxygens (including phenoxy) is 3. The molecule has 0 N–H and O–H groups in total. The zero-order chi connectivity index (χ0) is 15.7. The Labute approximate surface area is 134 Å². The Morgan fingerprint density at radius 2 is 2.22 bits per heavy atom. The first-order valence-corrected chi connectivity index (χ1v) is 8.17. The molecule has 1 aromatic heterocycles. The van der Waals surface area contributed by atoms with E-state index >= 15 is 0 Å². The summed E-state index contributed by atoms with van der Waals surface area (Å²) in [5, 5.41) is 0. The normalized spacial score (nSPS) is 29.3. The van der Waals surface area contributed by atoms with Crippen LogP contribution in [0.5, 0.6) is 5.88 Å². The average Bonchev–Trinajstić information content (AvgIpc) is 3.07. The van der Waals surface area contributed by atoms with Crippen LogP contribution < -0.4 is 4.74 Å². The van der Waals surface area contributed by atoms with E-state index in [9.17, 15) is 4.79 Å². The number of rotatable bonds is 3. The molecule has 3 saturated heterocycles. The van der Waals surface area contributed by atoms with Crippen LogP contribution in [0.4, 0.5) is 0 Å². The van der Waals surface area contributed by atoms with Gasteiger partial charge in [0.05, 0.1) is 38.4 Å². The molecule has 3 fully saturated rings. The van der Waals surface area contributed by atoms with Crippen molar-refractivity contribution < 1.29 is 19.0 Å². The standard InChI is InChI=1S/C16H21N3O4/c20-15(12-1-5-21-9-12)19-10-16(11-19)7-13(2-6-22-16)23-14-8-17-3-4-18-14/h3-4,8,12-13H,1-2,5-7,9-11H2/t12-,13+/m1/s1. The lowest BCUT2D eigenvalue weighted by Gasteiger charge is -2.53. The zero-order valence-corrected chi connectivity index (χ0v) is 13.0. The van der Waals surface area contributed by atoms with E-state index in [2.05, 4.69) is 9.97 Å². The molecule has 4 heterocycles. The van der Waals surface area contributed by atoms with Gasteiger partial charge in [-0.15, -0.1) is 0 Å². The van der Waals surface area contributed by atoms with Gasteiger partial charge < -0.3 is 19.1 Å². The largest absolute Gasteiger partial charge is 0.473 e. The number of carbonyl (C=O) groups excluding carboxylic acids is 1. The van der Waals surface area contributed by atoms with Crippen LogP contribution in [0.15, 0.2) is 18.6 Å². The van der Waals surface area contributed by atoms with Crippen molar-refractivity contribution in [2.75, 3.05) is 32.9 Å². The lowest BCUT2D eigenvalue weighted by atomic mass is 9.84. The first kappa shape index (κ1) is 14.8. The maximum Gasteiger partial charge on any atom is 0.232 e. The van der Waals surface area contributed by atoms with Crippen molar-refractivity contribution in [2.45, 2.75) is 31.0 Å². The Balaban J connectivity index is 1.32. The van der Waals surface area contributed by atoms with Crippen LogP contribution in [0.2, 0.25) is 0 Å². The number of amides is 1. The molecule has 23 heavy (non-hydrogen) atoms. The average molecular weight is 319 g/mol. The smallest absolute Gasteiger partial charge is 0.232 e.